The Kier molecular flexibility index (Phi) is 1.44. The summed E-state index contributed by atoms with van der Waals surface area (Å²) in [7, 11) is 0. The van der Waals surface area contributed by atoms with E-state index >= 15 is 0 Å². The predicted octanol–water partition coefficient (Wildman–Crippen LogP) is 1.59. The lowest BCUT2D eigenvalue weighted by Gasteiger charge is -2.12. The van der Waals surface area contributed by atoms with Crippen molar-refractivity contribution in [1.82, 2.24) is 0 Å². The first kappa shape index (κ1) is 7.05. The molecule has 0 saturated heterocycles. The molecule has 0 amide bonds. The van der Waals surface area contributed by atoms with Crippen molar-refractivity contribution in [3.8, 4) is 0 Å². The van der Waals surface area contributed by atoms with Crippen LogP contribution in [0, 0.1) is 0 Å². The zero-order valence-electron chi connectivity index (χ0n) is 6.25. The molecule has 1 heterocycles. The van der Waals surface area contributed by atoms with E-state index < -0.39 is 5.79 Å². The summed E-state index contributed by atoms with van der Waals surface area (Å²) in [5.74, 6) is -1.10. The highest BCUT2D eigenvalue weighted by Crippen LogP contribution is 2.25. The van der Waals surface area contributed by atoms with Gasteiger partial charge < -0.3 is 0 Å². The number of hydrogen-bond acceptors (Lipinski definition) is 5. The highest BCUT2D eigenvalue weighted by atomic mass is 15.6. The maximum atomic E-state index is 5.76. The van der Waals surface area contributed by atoms with Crippen LogP contribution in [0.15, 0.2) is 51.0 Å². The molecule has 12 heavy (non-hydrogen) atoms. The first-order valence-corrected chi connectivity index (χ1v) is 3.50. The normalized spacial score (nSPS) is 18.4. The van der Waals surface area contributed by atoms with E-state index in [2.05, 4.69) is 20.7 Å². The van der Waals surface area contributed by atoms with E-state index in [0.29, 0.717) is 0 Å². The van der Waals surface area contributed by atoms with Crippen LogP contribution in [-0.2, 0) is 5.79 Å². The molecule has 0 saturated carbocycles. The average molecular weight is 161 g/mol. The first-order chi connectivity index (χ1) is 5.81. The summed E-state index contributed by atoms with van der Waals surface area (Å²) < 4.78 is 0. The van der Waals surface area contributed by atoms with E-state index in [-0.39, 0.29) is 0 Å². The van der Waals surface area contributed by atoms with Gasteiger partial charge in [-0.2, -0.15) is 0 Å². The van der Waals surface area contributed by atoms with Crippen molar-refractivity contribution in [2.75, 3.05) is 0 Å². The van der Waals surface area contributed by atoms with Gasteiger partial charge in [-0.3, -0.25) is 5.73 Å². The fourth-order valence-corrected chi connectivity index (χ4v) is 0.995. The van der Waals surface area contributed by atoms with Crippen LogP contribution in [0.1, 0.15) is 5.56 Å². The molecule has 2 rings (SSSR count). The van der Waals surface area contributed by atoms with Crippen molar-refractivity contribution < 1.29 is 0 Å². The van der Waals surface area contributed by atoms with Crippen LogP contribution in [0.25, 0.3) is 0 Å². The highest BCUT2D eigenvalue weighted by molar-refractivity contribution is 5.22. The smallest absolute Gasteiger partial charge is 0.270 e. The number of nitrogens with two attached hydrogens (primary N) is 1. The molecular weight excluding hydrogens is 154 g/mol. The van der Waals surface area contributed by atoms with E-state index in [4.69, 9.17) is 5.73 Å². The fourth-order valence-electron chi connectivity index (χ4n) is 0.995. The zero-order chi connectivity index (χ0) is 8.44. The second-order valence-electron chi connectivity index (χ2n) is 2.47. The van der Waals surface area contributed by atoms with E-state index in [1.807, 2.05) is 30.3 Å². The molecule has 0 fully saturated rings. The van der Waals surface area contributed by atoms with Crippen molar-refractivity contribution in [3.63, 3.8) is 0 Å². The average Bonchev–Trinajstić information content (AvgIpc) is 2.55. The number of hydrogen-bond donors (Lipinski definition) is 1. The summed E-state index contributed by atoms with van der Waals surface area (Å²) in [5.41, 5.74) is 6.55. The lowest BCUT2D eigenvalue weighted by atomic mass is 10.1. The molecule has 1 aromatic carbocycles. The van der Waals surface area contributed by atoms with Crippen LogP contribution >= 0.6 is 0 Å². The number of benzene rings is 1. The van der Waals surface area contributed by atoms with Crippen LogP contribution in [-0.4, -0.2) is 0 Å². The molecule has 1 aromatic rings. The number of nitrogens with zero attached hydrogens (tertiary/aromatic N) is 4. The van der Waals surface area contributed by atoms with Gasteiger partial charge in [0.15, 0.2) is 0 Å². The van der Waals surface area contributed by atoms with Gasteiger partial charge in [0, 0.05) is 5.56 Å². The van der Waals surface area contributed by atoms with Crippen LogP contribution in [0.4, 0.5) is 0 Å². The predicted molar refractivity (Wildman–Crippen MR) is 42.0 cm³/mol. The first-order valence-electron chi connectivity index (χ1n) is 3.50. The van der Waals surface area contributed by atoms with Gasteiger partial charge in [0.1, 0.15) is 0 Å². The molecule has 0 bridgehead atoms. The van der Waals surface area contributed by atoms with Crippen LogP contribution in [0.2, 0.25) is 0 Å². The van der Waals surface area contributed by atoms with Gasteiger partial charge in [0.05, 0.1) is 0 Å². The molecular formula is C7H7N5. The third-order valence-corrected chi connectivity index (χ3v) is 1.63. The molecule has 1 aliphatic heterocycles. The van der Waals surface area contributed by atoms with Gasteiger partial charge in [-0.05, 0) is 10.4 Å². The summed E-state index contributed by atoms with van der Waals surface area (Å²) in [6.07, 6.45) is 0. The van der Waals surface area contributed by atoms with Crippen molar-refractivity contribution in [3.05, 3.63) is 35.9 Å². The second-order valence-corrected chi connectivity index (χ2v) is 2.47. The Morgan fingerprint density at radius 3 is 2.17 bits per heavy atom. The zero-order valence-corrected chi connectivity index (χ0v) is 6.25. The largest absolute Gasteiger partial charge is 0.281 e. The van der Waals surface area contributed by atoms with Gasteiger partial charge in [-0.1, -0.05) is 30.3 Å². The summed E-state index contributed by atoms with van der Waals surface area (Å²) in [5, 5.41) is 14.2. The van der Waals surface area contributed by atoms with Crippen LogP contribution in [0.3, 0.4) is 0 Å². The van der Waals surface area contributed by atoms with Crippen LogP contribution < -0.4 is 5.73 Å². The third-order valence-electron chi connectivity index (χ3n) is 1.63. The van der Waals surface area contributed by atoms with E-state index in [1.165, 1.54) is 0 Å². The van der Waals surface area contributed by atoms with E-state index in [9.17, 15) is 0 Å². The second kappa shape index (κ2) is 2.46. The Bertz CT molecular complexity index is 317. The minimum absolute atomic E-state index is 0.787. The molecule has 0 unspecified atom stereocenters. The highest BCUT2D eigenvalue weighted by Gasteiger charge is 2.29. The Balaban J connectivity index is 2.43. The maximum Gasteiger partial charge on any atom is 0.270 e. The molecule has 5 nitrogen and oxygen atoms in total. The standard InChI is InChI=1S/C7H7N5/c8-7(9-11-12-10-7)6-4-2-1-3-5-6/h1-5H,8H2. The minimum Gasteiger partial charge on any atom is -0.281 e. The minimum atomic E-state index is -1.10. The monoisotopic (exact) mass is 161 g/mol. The van der Waals surface area contributed by atoms with Crippen molar-refractivity contribution >= 4 is 0 Å². The summed E-state index contributed by atoms with van der Waals surface area (Å²) in [6, 6.07) is 9.31. The van der Waals surface area contributed by atoms with Gasteiger partial charge >= 0.3 is 0 Å². The summed E-state index contributed by atoms with van der Waals surface area (Å²) in [6.45, 7) is 0. The van der Waals surface area contributed by atoms with Crippen molar-refractivity contribution in [1.29, 1.82) is 0 Å². The molecule has 2 N–H and O–H groups in total. The van der Waals surface area contributed by atoms with Gasteiger partial charge in [0.2, 0.25) is 0 Å². The maximum absolute atomic E-state index is 5.76. The topological polar surface area (TPSA) is 75.5 Å². The molecule has 1 aliphatic rings. The molecule has 0 aromatic heterocycles. The Hall–Kier alpha value is -1.62. The SMILES string of the molecule is NC1(c2ccccc2)N=NN=N1. The van der Waals surface area contributed by atoms with Gasteiger partial charge in [-0.25, -0.2) is 0 Å². The lowest BCUT2D eigenvalue weighted by Crippen LogP contribution is -2.29. The molecule has 5 heteroatoms. The van der Waals surface area contributed by atoms with Crippen molar-refractivity contribution in [2.45, 2.75) is 5.79 Å². The molecule has 60 valence electrons. The molecule has 0 radical (unpaired) electrons. The van der Waals surface area contributed by atoms with Crippen LogP contribution in [0.5, 0.6) is 0 Å². The van der Waals surface area contributed by atoms with Crippen molar-refractivity contribution in [2.24, 2.45) is 26.4 Å². The Labute approximate surface area is 69.0 Å². The summed E-state index contributed by atoms with van der Waals surface area (Å²) in [4.78, 5) is 0. The Morgan fingerprint density at radius 1 is 1.00 bits per heavy atom. The summed E-state index contributed by atoms with van der Waals surface area (Å²) >= 11 is 0. The molecule has 0 atom stereocenters. The molecule has 0 spiro atoms. The van der Waals surface area contributed by atoms with Gasteiger partial charge in [0.25, 0.3) is 5.79 Å². The number of rotatable bonds is 1. The van der Waals surface area contributed by atoms with Gasteiger partial charge in [-0.15, -0.1) is 10.2 Å². The van der Waals surface area contributed by atoms with E-state index in [0.717, 1.165) is 5.56 Å². The van der Waals surface area contributed by atoms with E-state index in [1.54, 1.807) is 0 Å². The Morgan fingerprint density at radius 2 is 1.58 bits per heavy atom. The molecule has 0 aliphatic carbocycles. The third kappa shape index (κ3) is 0.998. The fraction of sp³-hybridized carbons (Fsp3) is 0.143. The lowest BCUT2D eigenvalue weighted by molar-refractivity contribution is 0.487. The quantitative estimate of drug-likeness (QED) is 0.667.